The molecule has 0 aliphatic heterocycles. The van der Waals surface area contributed by atoms with Crippen LogP contribution in [0.15, 0.2) is 12.3 Å². The maximum atomic E-state index is 9.66. The van der Waals surface area contributed by atoms with E-state index in [-0.39, 0.29) is 12.1 Å². The van der Waals surface area contributed by atoms with Crippen molar-refractivity contribution in [2.45, 2.75) is 44.6 Å². The van der Waals surface area contributed by atoms with Crippen LogP contribution in [0, 0.1) is 5.92 Å². The summed E-state index contributed by atoms with van der Waals surface area (Å²) in [6.45, 7) is 3.47. The summed E-state index contributed by atoms with van der Waals surface area (Å²) < 4.78 is 1.91. The first-order valence-corrected chi connectivity index (χ1v) is 6.98. The number of nitrogens with one attached hydrogen (secondary N) is 1. The number of rotatable bonds is 5. The minimum absolute atomic E-state index is 0.0366. The Morgan fingerprint density at radius 1 is 1.50 bits per heavy atom. The highest BCUT2D eigenvalue weighted by Crippen LogP contribution is 2.31. The molecule has 1 aromatic heterocycles. The lowest BCUT2D eigenvalue weighted by atomic mass is 9.77. The van der Waals surface area contributed by atoms with Gasteiger partial charge in [-0.15, -0.1) is 0 Å². The van der Waals surface area contributed by atoms with Crippen LogP contribution < -0.4 is 5.32 Å². The van der Waals surface area contributed by atoms with Gasteiger partial charge in [-0.25, -0.2) is 0 Å². The second kappa shape index (κ2) is 5.85. The Kier molecular flexibility index (Phi) is 4.40. The van der Waals surface area contributed by atoms with Gasteiger partial charge in [-0.2, -0.15) is 5.10 Å². The summed E-state index contributed by atoms with van der Waals surface area (Å²) in [5.74, 6) is 0.809. The fraction of sp³-hybridized carbons (Fsp3) is 0.786. The zero-order valence-corrected chi connectivity index (χ0v) is 11.5. The topological polar surface area (TPSA) is 50.1 Å². The van der Waals surface area contributed by atoms with Gasteiger partial charge in [0.25, 0.3) is 0 Å². The summed E-state index contributed by atoms with van der Waals surface area (Å²) in [6, 6.07) is 2.05. The van der Waals surface area contributed by atoms with Crippen molar-refractivity contribution in [3.8, 4) is 0 Å². The Hall–Kier alpha value is -0.870. The molecule has 4 nitrogen and oxygen atoms in total. The van der Waals surface area contributed by atoms with Crippen molar-refractivity contribution >= 4 is 0 Å². The molecule has 2 rings (SSSR count). The van der Waals surface area contributed by atoms with E-state index in [1.54, 1.807) is 0 Å². The van der Waals surface area contributed by atoms with E-state index < -0.39 is 0 Å². The molecule has 0 radical (unpaired) electrons. The number of nitrogens with zero attached hydrogens (tertiary/aromatic N) is 2. The minimum atomic E-state index is -0.0366. The van der Waals surface area contributed by atoms with Crippen LogP contribution in [-0.4, -0.2) is 33.6 Å². The highest BCUT2D eigenvalue weighted by molar-refractivity contribution is 5.01. The lowest BCUT2D eigenvalue weighted by Crippen LogP contribution is -2.51. The molecule has 1 aromatic rings. The molecule has 1 aliphatic rings. The van der Waals surface area contributed by atoms with Crippen molar-refractivity contribution in [3.05, 3.63) is 18.0 Å². The van der Waals surface area contributed by atoms with E-state index in [1.165, 1.54) is 18.5 Å². The van der Waals surface area contributed by atoms with Gasteiger partial charge in [-0.1, -0.05) is 6.92 Å². The van der Waals surface area contributed by atoms with Crippen LogP contribution in [0.3, 0.4) is 0 Å². The SMILES string of the molecule is CC1CCC(CO)(NCCc2ccnn2C)CC1. The van der Waals surface area contributed by atoms with Gasteiger partial charge in [0.1, 0.15) is 0 Å². The molecule has 1 saturated carbocycles. The summed E-state index contributed by atoms with van der Waals surface area (Å²) >= 11 is 0. The van der Waals surface area contributed by atoms with E-state index >= 15 is 0 Å². The van der Waals surface area contributed by atoms with Crippen LogP contribution in [0.4, 0.5) is 0 Å². The van der Waals surface area contributed by atoms with Gasteiger partial charge in [-0.3, -0.25) is 4.68 Å². The van der Waals surface area contributed by atoms with E-state index in [9.17, 15) is 5.11 Å². The molecule has 1 aliphatic carbocycles. The molecule has 0 unspecified atom stereocenters. The Morgan fingerprint density at radius 3 is 2.78 bits per heavy atom. The average Bonchev–Trinajstić information content (AvgIpc) is 2.78. The third kappa shape index (κ3) is 3.12. The molecular weight excluding hydrogens is 226 g/mol. The standard InChI is InChI=1S/C14H25N3O/c1-12-3-7-14(11-18,8-4-12)15-9-5-13-6-10-16-17(13)2/h6,10,12,15,18H,3-5,7-9,11H2,1-2H3. The number of aryl methyl sites for hydroxylation is 1. The lowest BCUT2D eigenvalue weighted by Gasteiger charge is -2.39. The second-order valence-corrected chi connectivity index (χ2v) is 5.74. The fourth-order valence-electron chi connectivity index (χ4n) is 2.81. The average molecular weight is 251 g/mol. The first-order chi connectivity index (χ1) is 8.65. The van der Waals surface area contributed by atoms with Gasteiger partial charge in [0.05, 0.1) is 6.61 Å². The Balaban J connectivity index is 1.82. The lowest BCUT2D eigenvalue weighted by molar-refractivity contribution is 0.106. The third-order valence-electron chi connectivity index (χ3n) is 4.34. The van der Waals surface area contributed by atoms with Gasteiger partial charge in [-0.05, 0) is 37.7 Å². The van der Waals surface area contributed by atoms with Crippen LogP contribution in [0.1, 0.15) is 38.3 Å². The molecular formula is C14H25N3O. The molecule has 18 heavy (non-hydrogen) atoms. The van der Waals surface area contributed by atoms with E-state index in [2.05, 4.69) is 23.4 Å². The van der Waals surface area contributed by atoms with Crippen LogP contribution in [0.5, 0.6) is 0 Å². The summed E-state index contributed by atoms with van der Waals surface area (Å²) in [4.78, 5) is 0. The summed E-state index contributed by atoms with van der Waals surface area (Å²) in [5.41, 5.74) is 1.20. The van der Waals surface area contributed by atoms with E-state index in [0.717, 1.165) is 31.7 Å². The van der Waals surface area contributed by atoms with Gasteiger partial charge in [0.2, 0.25) is 0 Å². The normalized spacial score (nSPS) is 28.5. The van der Waals surface area contributed by atoms with Crippen LogP contribution in [-0.2, 0) is 13.5 Å². The zero-order chi connectivity index (χ0) is 13.0. The molecule has 0 saturated heterocycles. The molecule has 0 bridgehead atoms. The summed E-state index contributed by atoms with van der Waals surface area (Å²) in [6.07, 6.45) is 7.43. The Labute approximate surface area is 109 Å². The Bertz CT molecular complexity index is 367. The monoisotopic (exact) mass is 251 g/mol. The molecule has 1 fully saturated rings. The van der Waals surface area contributed by atoms with Crippen LogP contribution in [0.2, 0.25) is 0 Å². The van der Waals surface area contributed by atoms with Gasteiger partial charge < -0.3 is 10.4 Å². The first kappa shape index (κ1) is 13.6. The van der Waals surface area contributed by atoms with Crippen molar-refractivity contribution < 1.29 is 5.11 Å². The number of hydrogen-bond donors (Lipinski definition) is 2. The summed E-state index contributed by atoms with van der Waals surface area (Å²) in [5, 5.41) is 17.4. The zero-order valence-electron chi connectivity index (χ0n) is 11.5. The van der Waals surface area contributed by atoms with Crippen molar-refractivity contribution in [3.63, 3.8) is 0 Å². The van der Waals surface area contributed by atoms with E-state index in [4.69, 9.17) is 0 Å². The molecule has 2 N–H and O–H groups in total. The first-order valence-electron chi connectivity index (χ1n) is 6.98. The fourth-order valence-corrected chi connectivity index (χ4v) is 2.81. The van der Waals surface area contributed by atoms with Crippen molar-refractivity contribution in [1.82, 2.24) is 15.1 Å². The maximum absolute atomic E-state index is 9.66. The molecule has 102 valence electrons. The van der Waals surface area contributed by atoms with Gasteiger partial charge >= 0.3 is 0 Å². The van der Waals surface area contributed by atoms with Crippen molar-refractivity contribution in [2.24, 2.45) is 13.0 Å². The Morgan fingerprint density at radius 2 is 2.22 bits per heavy atom. The minimum Gasteiger partial charge on any atom is -0.394 e. The highest BCUT2D eigenvalue weighted by Gasteiger charge is 2.32. The maximum Gasteiger partial charge on any atom is 0.0613 e. The molecule has 0 aromatic carbocycles. The number of aliphatic hydroxyl groups excluding tert-OH is 1. The van der Waals surface area contributed by atoms with Crippen molar-refractivity contribution in [1.29, 1.82) is 0 Å². The predicted molar refractivity (Wildman–Crippen MR) is 72.4 cm³/mol. The molecule has 0 atom stereocenters. The van der Waals surface area contributed by atoms with Crippen LogP contribution >= 0.6 is 0 Å². The smallest absolute Gasteiger partial charge is 0.0613 e. The van der Waals surface area contributed by atoms with Gasteiger partial charge in [0.15, 0.2) is 0 Å². The second-order valence-electron chi connectivity index (χ2n) is 5.74. The number of hydrogen-bond acceptors (Lipinski definition) is 3. The molecule has 0 spiro atoms. The summed E-state index contributed by atoms with van der Waals surface area (Å²) in [7, 11) is 1.97. The predicted octanol–water partition coefficient (Wildman–Crippen LogP) is 1.49. The van der Waals surface area contributed by atoms with Crippen LogP contribution in [0.25, 0.3) is 0 Å². The largest absolute Gasteiger partial charge is 0.394 e. The quantitative estimate of drug-likeness (QED) is 0.833. The molecule has 0 amide bonds. The van der Waals surface area contributed by atoms with Crippen molar-refractivity contribution in [2.75, 3.05) is 13.2 Å². The molecule has 1 heterocycles. The highest BCUT2D eigenvalue weighted by atomic mass is 16.3. The number of aliphatic hydroxyl groups is 1. The van der Waals surface area contributed by atoms with E-state index in [1.807, 2.05) is 17.9 Å². The third-order valence-corrected chi connectivity index (χ3v) is 4.34. The van der Waals surface area contributed by atoms with E-state index in [0.29, 0.717) is 0 Å². The molecule has 4 heteroatoms. The van der Waals surface area contributed by atoms with Gasteiger partial charge in [0, 0.05) is 37.4 Å². The number of aromatic nitrogens is 2.